The first-order valence-corrected chi connectivity index (χ1v) is 7.34. The van der Waals surface area contributed by atoms with Crippen molar-refractivity contribution in [1.29, 1.82) is 0 Å². The fraction of sp³-hybridized carbons (Fsp3) is 0.562. The molecule has 2 rings (SSSR count). The summed E-state index contributed by atoms with van der Waals surface area (Å²) in [6.07, 6.45) is 0.916. The Balaban J connectivity index is 2.07. The zero-order valence-electron chi connectivity index (χ0n) is 12.3. The molecule has 3 unspecified atom stereocenters. The number of carbonyl (C=O) groups is 1. The Morgan fingerprint density at radius 2 is 2.15 bits per heavy atom. The van der Waals surface area contributed by atoms with Gasteiger partial charge in [-0.05, 0) is 12.0 Å². The van der Waals surface area contributed by atoms with Gasteiger partial charge in [-0.3, -0.25) is 4.79 Å². The lowest BCUT2D eigenvalue weighted by Gasteiger charge is -2.37. The number of carbonyl (C=O) groups excluding carboxylic acids is 1. The van der Waals surface area contributed by atoms with Crippen molar-refractivity contribution in [2.45, 2.75) is 32.4 Å². The van der Waals surface area contributed by atoms with Gasteiger partial charge in [0.05, 0.1) is 25.2 Å². The van der Waals surface area contributed by atoms with Gasteiger partial charge in [-0.2, -0.15) is 0 Å². The van der Waals surface area contributed by atoms with Crippen LogP contribution in [-0.4, -0.2) is 36.6 Å². The molecule has 0 aromatic heterocycles. The van der Waals surface area contributed by atoms with Crippen LogP contribution in [0.4, 0.5) is 0 Å². The number of benzene rings is 1. The molecule has 4 heteroatoms. The fourth-order valence-electron chi connectivity index (χ4n) is 2.66. The van der Waals surface area contributed by atoms with Gasteiger partial charge in [0, 0.05) is 12.6 Å². The van der Waals surface area contributed by atoms with E-state index in [4.69, 9.17) is 10.5 Å². The standard InChI is InChI=1S/C16H24N2O2/c1-3-14-11-20-10-9-18(14)16(19)12(2)15(17)13-7-5-4-6-8-13/h4-8,12,14-15H,3,9-11,17H2,1-2H3. The minimum Gasteiger partial charge on any atom is -0.377 e. The van der Waals surface area contributed by atoms with Crippen LogP contribution in [0.1, 0.15) is 31.9 Å². The van der Waals surface area contributed by atoms with Gasteiger partial charge in [0.2, 0.25) is 5.91 Å². The van der Waals surface area contributed by atoms with E-state index in [1.807, 2.05) is 42.2 Å². The first-order valence-electron chi connectivity index (χ1n) is 7.34. The summed E-state index contributed by atoms with van der Waals surface area (Å²) in [6, 6.07) is 9.74. The number of nitrogens with two attached hydrogens (primary N) is 1. The maximum atomic E-state index is 12.7. The van der Waals surface area contributed by atoms with Gasteiger partial charge in [-0.15, -0.1) is 0 Å². The number of hydrogen-bond acceptors (Lipinski definition) is 3. The molecule has 0 spiro atoms. The third-order valence-corrected chi connectivity index (χ3v) is 4.09. The largest absolute Gasteiger partial charge is 0.377 e. The van der Waals surface area contributed by atoms with Gasteiger partial charge < -0.3 is 15.4 Å². The van der Waals surface area contributed by atoms with Crippen molar-refractivity contribution in [3.05, 3.63) is 35.9 Å². The minimum absolute atomic E-state index is 0.136. The van der Waals surface area contributed by atoms with Crippen molar-refractivity contribution >= 4 is 5.91 Å². The second kappa shape index (κ2) is 6.86. The van der Waals surface area contributed by atoms with Gasteiger partial charge in [0.15, 0.2) is 0 Å². The molecule has 110 valence electrons. The van der Waals surface area contributed by atoms with Crippen LogP contribution in [0.15, 0.2) is 30.3 Å². The first kappa shape index (κ1) is 15.0. The lowest BCUT2D eigenvalue weighted by molar-refractivity contribution is -0.144. The van der Waals surface area contributed by atoms with E-state index in [0.717, 1.165) is 12.0 Å². The topological polar surface area (TPSA) is 55.6 Å². The van der Waals surface area contributed by atoms with Crippen LogP contribution >= 0.6 is 0 Å². The smallest absolute Gasteiger partial charge is 0.227 e. The molecule has 0 radical (unpaired) electrons. The Bertz CT molecular complexity index is 435. The Morgan fingerprint density at radius 3 is 2.80 bits per heavy atom. The van der Waals surface area contributed by atoms with Crippen LogP contribution in [0.2, 0.25) is 0 Å². The van der Waals surface area contributed by atoms with Gasteiger partial charge in [-0.1, -0.05) is 44.2 Å². The highest BCUT2D eigenvalue weighted by Gasteiger charge is 2.32. The van der Waals surface area contributed by atoms with E-state index in [-0.39, 0.29) is 23.9 Å². The maximum absolute atomic E-state index is 12.7. The lowest BCUT2D eigenvalue weighted by atomic mass is 9.93. The predicted molar refractivity (Wildman–Crippen MR) is 79.1 cm³/mol. The zero-order valence-corrected chi connectivity index (χ0v) is 12.3. The molecule has 1 saturated heterocycles. The molecule has 0 bridgehead atoms. The van der Waals surface area contributed by atoms with E-state index in [2.05, 4.69) is 6.92 Å². The molecule has 0 saturated carbocycles. The van der Waals surface area contributed by atoms with Crippen LogP contribution in [0.25, 0.3) is 0 Å². The molecule has 1 heterocycles. The van der Waals surface area contributed by atoms with E-state index in [9.17, 15) is 4.79 Å². The summed E-state index contributed by atoms with van der Waals surface area (Å²) in [5.74, 6) is -0.0824. The number of amides is 1. The van der Waals surface area contributed by atoms with E-state index >= 15 is 0 Å². The summed E-state index contributed by atoms with van der Waals surface area (Å²) in [7, 11) is 0. The molecular weight excluding hydrogens is 252 g/mol. The van der Waals surface area contributed by atoms with E-state index in [1.165, 1.54) is 0 Å². The van der Waals surface area contributed by atoms with Crippen molar-refractivity contribution in [2.24, 2.45) is 11.7 Å². The highest BCUT2D eigenvalue weighted by atomic mass is 16.5. The third-order valence-electron chi connectivity index (χ3n) is 4.09. The van der Waals surface area contributed by atoms with Crippen LogP contribution in [0.5, 0.6) is 0 Å². The number of nitrogens with zero attached hydrogens (tertiary/aromatic N) is 1. The summed E-state index contributed by atoms with van der Waals surface area (Å²) in [5, 5.41) is 0. The van der Waals surface area contributed by atoms with Crippen LogP contribution in [0.3, 0.4) is 0 Å². The molecule has 2 N–H and O–H groups in total. The number of morpholine rings is 1. The molecule has 0 aliphatic carbocycles. The minimum atomic E-state index is -0.260. The van der Waals surface area contributed by atoms with Crippen LogP contribution in [-0.2, 0) is 9.53 Å². The third kappa shape index (κ3) is 3.19. The molecular formula is C16H24N2O2. The number of ether oxygens (including phenoxy) is 1. The summed E-state index contributed by atoms with van der Waals surface area (Å²) in [6.45, 7) is 5.93. The second-order valence-electron chi connectivity index (χ2n) is 5.39. The molecule has 1 aliphatic heterocycles. The lowest BCUT2D eigenvalue weighted by Crippen LogP contribution is -2.51. The number of hydrogen-bond donors (Lipinski definition) is 1. The van der Waals surface area contributed by atoms with Gasteiger partial charge in [-0.25, -0.2) is 0 Å². The average molecular weight is 276 g/mol. The molecule has 1 aromatic rings. The average Bonchev–Trinajstić information content (AvgIpc) is 2.53. The Labute approximate surface area is 120 Å². The molecule has 4 nitrogen and oxygen atoms in total. The molecule has 20 heavy (non-hydrogen) atoms. The van der Waals surface area contributed by atoms with Crippen molar-refractivity contribution < 1.29 is 9.53 Å². The maximum Gasteiger partial charge on any atom is 0.227 e. The predicted octanol–water partition coefficient (Wildman–Crippen LogP) is 1.96. The van der Waals surface area contributed by atoms with Crippen molar-refractivity contribution in [3.8, 4) is 0 Å². The van der Waals surface area contributed by atoms with E-state index < -0.39 is 0 Å². The summed E-state index contributed by atoms with van der Waals surface area (Å²) >= 11 is 0. The molecule has 3 atom stereocenters. The van der Waals surface area contributed by atoms with Crippen molar-refractivity contribution in [2.75, 3.05) is 19.8 Å². The van der Waals surface area contributed by atoms with Gasteiger partial charge in [0.1, 0.15) is 0 Å². The monoisotopic (exact) mass is 276 g/mol. The van der Waals surface area contributed by atoms with Gasteiger partial charge in [0.25, 0.3) is 0 Å². The first-order chi connectivity index (χ1) is 9.65. The quantitative estimate of drug-likeness (QED) is 0.914. The second-order valence-corrected chi connectivity index (χ2v) is 5.39. The van der Waals surface area contributed by atoms with Crippen molar-refractivity contribution in [3.63, 3.8) is 0 Å². The molecule has 1 aromatic carbocycles. The Morgan fingerprint density at radius 1 is 1.45 bits per heavy atom. The molecule has 1 amide bonds. The summed E-state index contributed by atoms with van der Waals surface area (Å²) in [5.41, 5.74) is 7.26. The fourth-order valence-corrected chi connectivity index (χ4v) is 2.66. The van der Waals surface area contributed by atoms with Crippen LogP contribution in [0, 0.1) is 5.92 Å². The van der Waals surface area contributed by atoms with E-state index in [1.54, 1.807) is 0 Å². The normalized spacial score (nSPS) is 22.4. The zero-order chi connectivity index (χ0) is 14.5. The highest BCUT2D eigenvalue weighted by Crippen LogP contribution is 2.23. The summed E-state index contributed by atoms with van der Waals surface area (Å²) in [4.78, 5) is 14.6. The highest BCUT2D eigenvalue weighted by molar-refractivity contribution is 5.80. The SMILES string of the molecule is CCC1COCCN1C(=O)C(C)C(N)c1ccccc1. The molecule has 1 fully saturated rings. The van der Waals surface area contributed by atoms with Gasteiger partial charge >= 0.3 is 0 Å². The number of rotatable bonds is 4. The Kier molecular flexibility index (Phi) is 5.15. The molecule has 1 aliphatic rings. The van der Waals surface area contributed by atoms with Crippen LogP contribution < -0.4 is 5.73 Å². The Hall–Kier alpha value is -1.39. The van der Waals surface area contributed by atoms with E-state index in [0.29, 0.717) is 19.8 Å². The van der Waals surface area contributed by atoms with Crippen molar-refractivity contribution in [1.82, 2.24) is 4.90 Å². The summed E-state index contributed by atoms with van der Waals surface area (Å²) < 4.78 is 5.45.